The highest BCUT2D eigenvalue weighted by molar-refractivity contribution is 5.91. The fourth-order valence-electron chi connectivity index (χ4n) is 2.43. The van der Waals surface area contributed by atoms with E-state index >= 15 is 0 Å². The highest BCUT2D eigenvalue weighted by Crippen LogP contribution is 2.30. The first-order valence-electron chi connectivity index (χ1n) is 8.19. The fraction of sp³-hybridized carbons (Fsp3) is 0.333. The number of carbonyl (C=O) groups excluding carboxylic acids is 2. The predicted octanol–water partition coefficient (Wildman–Crippen LogP) is 1.88. The zero-order valence-electron chi connectivity index (χ0n) is 13.7. The second-order valence-corrected chi connectivity index (χ2v) is 5.59. The van der Waals surface area contributed by atoms with Gasteiger partial charge in [0, 0.05) is 19.5 Å². The van der Waals surface area contributed by atoms with Crippen molar-refractivity contribution in [2.75, 3.05) is 19.8 Å². The third kappa shape index (κ3) is 4.76. The number of hydrogen-bond acceptors (Lipinski definition) is 5. The van der Waals surface area contributed by atoms with Gasteiger partial charge in [-0.25, -0.2) is 0 Å². The zero-order valence-corrected chi connectivity index (χ0v) is 13.7. The number of ether oxygens (including phenoxy) is 2. The summed E-state index contributed by atoms with van der Waals surface area (Å²) in [7, 11) is 0. The highest BCUT2D eigenvalue weighted by atomic mass is 16.6. The van der Waals surface area contributed by atoms with Crippen LogP contribution in [-0.2, 0) is 11.3 Å². The van der Waals surface area contributed by atoms with Crippen molar-refractivity contribution in [3.8, 4) is 11.5 Å². The Morgan fingerprint density at radius 3 is 2.68 bits per heavy atom. The molecule has 0 spiro atoms. The standard InChI is InChI=1S/C18H20N2O5/c21-17(4-1-7-19-18(22)15-3-2-8-23-15)20-12-13-5-6-14-16(11-13)25-10-9-24-14/h2-3,5-6,8,11H,1,4,7,9-10,12H2,(H,19,22)(H,20,21). The van der Waals surface area contributed by atoms with Crippen LogP contribution >= 0.6 is 0 Å². The van der Waals surface area contributed by atoms with E-state index in [0.717, 1.165) is 11.3 Å². The summed E-state index contributed by atoms with van der Waals surface area (Å²) in [6, 6.07) is 8.87. The maximum atomic E-state index is 11.9. The maximum Gasteiger partial charge on any atom is 0.286 e. The number of hydrogen-bond donors (Lipinski definition) is 2. The lowest BCUT2D eigenvalue weighted by atomic mass is 10.2. The van der Waals surface area contributed by atoms with Crippen LogP contribution in [0, 0.1) is 0 Å². The average Bonchev–Trinajstić information content (AvgIpc) is 3.18. The van der Waals surface area contributed by atoms with Crippen LogP contribution < -0.4 is 20.1 Å². The molecule has 2 N–H and O–H groups in total. The van der Waals surface area contributed by atoms with E-state index in [0.29, 0.717) is 44.9 Å². The molecule has 1 aliphatic heterocycles. The number of carbonyl (C=O) groups is 2. The molecule has 0 fully saturated rings. The molecule has 3 rings (SSSR count). The Kier molecular flexibility index (Phi) is 5.56. The predicted molar refractivity (Wildman–Crippen MR) is 89.6 cm³/mol. The lowest BCUT2D eigenvalue weighted by Crippen LogP contribution is -2.27. The van der Waals surface area contributed by atoms with E-state index in [1.165, 1.54) is 6.26 Å². The van der Waals surface area contributed by atoms with Crippen LogP contribution in [0.1, 0.15) is 29.0 Å². The van der Waals surface area contributed by atoms with E-state index in [2.05, 4.69) is 10.6 Å². The first-order valence-corrected chi connectivity index (χ1v) is 8.19. The number of amides is 2. The van der Waals surface area contributed by atoms with Crippen molar-refractivity contribution < 1.29 is 23.5 Å². The van der Waals surface area contributed by atoms with Gasteiger partial charge in [-0.1, -0.05) is 6.07 Å². The van der Waals surface area contributed by atoms with Gasteiger partial charge in [0.05, 0.1) is 6.26 Å². The van der Waals surface area contributed by atoms with Gasteiger partial charge in [0.25, 0.3) is 5.91 Å². The number of rotatable bonds is 7. The minimum atomic E-state index is -0.276. The first-order chi connectivity index (χ1) is 12.2. The number of furan rings is 1. The maximum absolute atomic E-state index is 11.9. The van der Waals surface area contributed by atoms with Crippen molar-refractivity contribution >= 4 is 11.8 Å². The third-order valence-electron chi connectivity index (χ3n) is 3.71. The summed E-state index contributed by atoms with van der Waals surface area (Å²) in [5.41, 5.74) is 0.948. The Labute approximate surface area is 145 Å². The molecule has 0 unspecified atom stereocenters. The van der Waals surface area contributed by atoms with Crippen LogP contribution in [0.4, 0.5) is 0 Å². The monoisotopic (exact) mass is 344 g/mol. The number of fused-ring (bicyclic) bond motifs is 1. The Balaban J connectivity index is 1.35. The largest absolute Gasteiger partial charge is 0.486 e. The quantitative estimate of drug-likeness (QED) is 0.749. The zero-order chi connectivity index (χ0) is 17.5. The molecule has 132 valence electrons. The van der Waals surface area contributed by atoms with Crippen molar-refractivity contribution in [1.29, 1.82) is 0 Å². The van der Waals surface area contributed by atoms with Gasteiger partial charge in [-0.15, -0.1) is 0 Å². The molecule has 2 heterocycles. The summed E-state index contributed by atoms with van der Waals surface area (Å²) in [4.78, 5) is 23.5. The highest BCUT2D eigenvalue weighted by Gasteiger charge is 2.12. The molecule has 2 amide bonds. The molecule has 0 radical (unpaired) electrons. The molecule has 0 saturated carbocycles. The Morgan fingerprint density at radius 1 is 1.04 bits per heavy atom. The second-order valence-electron chi connectivity index (χ2n) is 5.59. The van der Waals surface area contributed by atoms with Gasteiger partial charge in [0.15, 0.2) is 17.3 Å². The van der Waals surface area contributed by atoms with Gasteiger partial charge < -0.3 is 24.5 Å². The normalized spacial score (nSPS) is 12.5. The van der Waals surface area contributed by atoms with E-state index in [4.69, 9.17) is 13.9 Å². The Hall–Kier alpha value is -2.96. The molecule has 1 aliphatic rings. The van der Waals surface area contributed by atoms with Crippen LogP contribution in [-0.4, -0.2) is 31.6 Å². The molecule has 1 aromatic heterocycles. The van der Waals surface area contributed by atoms with Crippen molar-refractivity contribution in [2.24, 2.45) is 0 Å². The second kappa shape index (κ2) is 8.23. The van der Waals surface area contributed by atoms with Gasteiger partial charge in [0.1, 0.15) is 13.2 Å². The smallest absolute Gasteiger partial charge is 0.286 e. The third-order valence-corrected chi connectivity index (χ3v) is 3.71. The molecule has 1 aromatic carbocycles. The molecule has 7 nitrogen and oxygen atoms in total. The number of benzene rings is 1. The van der Waals surface area contributed by atoms with Gasteiger partial charge in [-0.3, -0.25) is 9.59 Å². The average molecular weight is 344 g/mol. The summed E-state index contributed by atoms with van der Waals surface area (Å²) in [5, 5.41) is 5.56. The minimum absolute atomic E-state index is 0.0675. The van der Waals surface area contributed by atoms with Crippen molar-refractivity contribution in [3.05, 3.63) is 47.9 Å². The fourth-order valence-corrected chi connectivity index (χ4v) is 2.43. The molecule has 0 aliphatic carbocycles. The van der Waals surface area contributed by atoms with Crippen LogP contribution in [0.5, 0.6) is 11.5 Å². The van der Waals surface area contributed by atoms with Crippen LogP contribution in [0.3, 0.4) is 0 Å². The van der Waals surface area contributed by atoms with Crippen LogP contribution in [0.25, 0.3) is 0 Å². The summed E-state index contributed by atoms with van der Waals surface area (Å²) in [6.45, 7) is 1.93. The lowest BCUT2D eigenvalue weighted by Gasteiger charge is -2.19. The van der Waals surface area contributed by atoms with Crippen molar-refractivity contribution in [1.82, 2.24) is 10.6 Å². The van der Waals surface area contributed by atoms with Crippen molar-refractivity contribution in [3.63, 3.8) is 0 Å². The van der Waals surface area contributed by atoms with Crippen LogP contribution in [0.2, 0.25) is 0 Å². The summed E-state index contributed by atoms with van der Waals surface area (Å²) in [5.74, 6) is 1.36. The molecule has 0 bridgehead atoms. The molecule has 2 aromatic rings. The Morgan fingerprint density at radius 2 is 1.88 bits per heavy atom. The molecule has 7 heteroatoms. The van der Waals surface area contributed by atoms with Crippen molar-refractivity contribution in [2.45, 2.75) is 19.4 Å². The molecule has 0 atom stereocenters. The molecule has 25 heavy (non-hydrogen) atoms. The number of nitrogens with one attached hydrogen (secondary N) is 2. The Bertz CT molecular complexity index is 727. The van der Waals surface area contributed by atoms with E-state index < -0.39 is 0 Å². The van der Waals surface area contributed by atoms with Gasteiger partial charge in [0.2, 0.25) is 5.91 Å². The summed E-state index contributed by atoms with van der Waals surface area (Å²) in [6.07, 6.45) is 2.34. The van der Waals surface area contributed by atoms with E-state index in [1.54, 1.807) is 12.1 Å². The summed E-state index contributed by atoms with van der Waals surface area (Å²) >= 11 is 0. The minimum Gasteiger partial charge on any atom is -0.486 e. The SMILES string of the molecule is O=C(CCCNC(=O)c1ccco1)NCc1ccc2c(c1)OCCO2. The molecular formula is C18H20N2O5. The van der Waals surface area contributed by atoms with E-state index in [-0.39, 0.29) is 17.6 Å². The van der Waals surface area contributed by atoms with Gasteiger partial charge in [-0.05, 0) is 36.2 Å². The van der Waals surface area contributed by atoms with Gasteiger partial charge >= 0.3 is 0 Å². The molecular weight excluding hydrogens is 324 g/mol. The summed E-state index contributed by atoms with van der Waals surface area (Å²) < 4.78 is 16.0. The van der Waals surface area contributed by atoms with E-state index in [1.807, 2.05) is 18.2 Å². The topological polar surface area (TPSA) is 89.8 Å². The van der Waals surface area contributed by atoms with Gasteiger partial charge in [-0.2, -0.15) is 0 Å². The molecule has 0 saturated heterocycles. The first kappa shape index (κ1) is 16.9. The van der Waals surface area contributed by atoms with E-state index in [9.17, 15) is 9.59 Å². The van der Waals surface area contributed by atoms with Crippen LogP contribution in [0.15, 0.2) is 41.0 Å². The lowest BCUT2D eigenvalue weighted by molar-refractivity contribution is -0.121.